The molecule has 4 aromatic carbocycles. The summed E-state index contributed by atoms with van der Waals surface area (Å²) in [6.07, 6.45) is 0. The Bertz CT molecular complexity index is 1310. The van der Waals surface area contributed by atoms with Crippen molar-refractivity contribution >= 4 is 129 Å². The first-order chi connectivity index (χ1) is 14.7. The van der Waals surface area contributed by atoms with Crippen LogP contribution in [0.5, 0.6) is 0 Å². The zero-order valence-electron chi connectivity index (χ0n) is 15.1. The van der Waals surface area contributed by atoms with Crippen LogP contribution in [0.4, 0.5) is 0 Å². The van der Waals surface area contributed by atoms with E-state index >= 15 is 0 Å². The zero-order chi connectivity index (χ0) is 22.4. The Kier molecular flexibility index (Phi) is 7.11. The summed E-state index contributed by atoms with van der Waals surface area (Å²) in [6.45, 7) is 0. The van der Waals surface area contributed by atoms with Crippen molar-refractivity contribution in [1.29, 1.82) is 0 Å². The Morgan fingerprint density at radius 2 is 0.806 bits per heavy atom. The van der Waals surface area contributed by atoms with E-state index in [1.54, 1.807) is 12.1 Å². The fourth-order valence-corrected chi connectivity index (χ4v) is 6.85. The maximum atomic E-state index is 13.2. The first-order valence-corrected chi connectivity index (χ1v) is 13.4. The summed E-state index contributed by atoms with van der Waals surface area (Å²) in [5.41, 5.74) is 0.520. The van der Waals surface area contributed by atoms with Gasteiger partial charge in [-0.1, -0.05) is 48.5 Å². The van der Waals surface area contributed by atoms with Crippen LogP contribution >= 0.6 is 95.6 Å². The Morgan fingerprint density at radius 1 is 0.484 bits per heavy atom. The van der Waals surface area contributed by atoms with Gasteiger partial charge in [0.2, 0.25) is 0 Å². The van der Waals surface area contributed by atoms with Gasteiger partial charge in [0.05, 0.1) is 11.1 Å². The maximum absolute atomic E-state index is 13.2. The highest BCUT2D eigenvalue weighted by atomic mass is 79.9. The number of carbonyl (C=O) groups is 2. The van der Waals surface area contributed by atoms with Crippen LogP contribution in [0.2, 0.25) is 0 Å². The fourth-order valence-electron chi connectivity index (χ4n) is 3.26. The SMILES string of the molecule is O=C(OC(=O)c1c(Br)c(Br)c(Br)c2ccccc12)c1c(Br)c(Br)c(Br)c2ccccc12. The molecule has 4 aromatic rings. The molecule has 0 saturated carbocycles. The van der Waals surface area contributed by atoms with Crippen LogP contribution in [0.25, 0.3) is 21.5 Å². The molecule has 0 radical (unpaired) electrons. The lowest BCUT2D eigenvalue weighted by Gasteiger charge is -2.15. The molecule has 0 bridgehead atoms. The van der Waals surface area contributed by atoms with E-state index in [1.165, 1.54) is 0 Å². The molecule has 0 aliphatic rings. The minimum atomic E-state index is -0.753. The summed E-state index contributed by atoms with van der Waals surface area (Å²) in [7, 11) is 0. The number of esters is 2. The van der Waals surface area contributed by atoms with Crippen LogP contribution in [0.1, 0.15) is 20.7 Å². The Balaban J connectivity index is 1.85. The highest BCUT2D eigenvalue weighted by Gasteiger charge is 2.27. The van der Waals surface area contributed by atoms with Gasteiger partial charge in [0, 0.05) is 26.8 Å². The average Bonchev–Trinajstić information content (AvgIpc) is 2.76. The second-order valence-corrected chi connectivity index (χ2v) is 11.2. The van der Waals surface area contributed by atoms with E-state index in [9.17, 15) is 9.59 Å². The number of hydrogen-bond acceptors (Lipinski definition) is 3. The lowest BCUT2D eigenvalue weighted by atomic mass is 10.0. The van der Waals surface area contributed by atoms with Crippen LogP contribution in [-0.4, -0.2) is 11.9 Å². The van der Waals surface area contributed by atoms with Gasteiger partial charge in [-0.3, -0.25) is 0 Å². The highest BCUT2D eigenvalue weighted by Crippen LogP contribution is 2.43. The van der Waals surface area contributed by atoms with Crippen molar-refractivity contribution in [2.24, 2.45) is 0 Å². The number of benzene rings is 4. The zero-order valence-corrected chi connectivity index (χ0v) is 24.6. The van der Waals surface area contributed by atoms with Crippen molar-refractivity contribution in [1.82, 2.24) is 0 Å². The van der Waals surface area contributed by atoms with Gasteiger partial charge in [0.25, 0.3) is 0 Å². The Morgan fingerprint density at radius 3 is 1.16 bits per heavy atom. The molecule has 0 unspecified atom stereocenters. The predicted molar refractivity (Wildman–Crippen MR) is 144 cm³/mol. The largest absolute Gasteiger partial charge is 0.386 e. The highest BCUT2D eigenvalue weighted by molar-refractivity contribution is 9.15. The standard InChI is InChI=1S/C22H8Br6O3/c23-15-11-7-3-1-5-9(11)13(17(25)19(15)27)21(29)31-22(30)14-10-6-2-4-8-12(10)16(24)20(28)18(14)26/h1-8H. The number of hydrogen-bond donors (Lipinski definition) is 0. The molecular weight excluding hydrogens is 792 g/mol. The molecule has 0 saturated heterocycles. The van der Waals surface area contributed by atoms with Crippen molar-refractivity contribution in [3.8, 4) is 0 Å². The molecule has 0 aromatic heterocycles. The molecule has 0 aliphatic carbocycles. The molecule has 4 rings (SSSR count). The molecule has 9 heteroatoms. The molecule has 0 atom stereocenters. The Hall–Kier alpha value is -0.580. The molecule has 156 valence electrons. The van der Waals surface area contributed by atoms with Crippen LogP contribution in [0, 0.1) is 0 Å². The van der Waals surface area contributed by atoms with E-state index in [2.05, 4.69) is 95.6 Å². The second-order valence-electron chi connectivity index (χ2n) is 6.40. The topological polar surface area (TPSA) is 43.4 Å². The number of halogens is 6. The van der Waals surface area contributed by atoms with Gasteiger partial charge in [0.1, 0.15) is 0 Å². The van der Waals surface area contributed by atoms with E-state index < -0.39 is 11.9 Å². The van der Waals surface area contributed by atoms with E-state index in [0.29, 0.717) is 28.7 Å². The van der Waals surface area contributed by atoms with Gasteiger partial charge in [0.15, 0.2) is 0 Å². The summed E-state index contributed by atoms with van der Waals surface area (Å²) in [4.78, 5) is 26.4. The van der Waals surface area contributed by atoms with E-state index in [0.717, 1.165) is 19.7 Å². The summed E-state index contributed by atoms with van der Waals surface area (Å²) >= 11 is 21.0. The van der Waals surface area contributed by atoms with Crippen molar-refractivity contribution in [2.75, 3.05) is 0 Å². The Labute approximate surface area is 227 Å². The minimum absolute atomic E-state index is 0.260. The van der Waals surface area contributed by atoms with Gasteiger partial charge in [-0.05, 0) is 117 Å². The second kappa shape index (κ2) is 9.35. The average molecular weight is 800 g/mol. The van der Waals surface area contributed by atoms with Gasteiger partial charge >= 0.3 is 11.9 Å². The third-order valence-electron chi connectivity index (χ3n) is 4.67. The van der Waals surface area contributed by atoms with Gasteiger partial charge < -0.3 is 4.74 Å². The van der Waals surface area contributed by atoms with E-state index in [1.807, 2.05) is 36.4 Å². The summed E-state index contributed by atoms with van der Waals surface area (Å²) < 4.78 is 9.28. The summed E-state index contributed by atoms with van der Waals surface area (Å²) in [6, 6.07) is 14.8. The molecule has 0 heterocycles. The van der Waals surface area contributed by atoms with Crippen molar-refractivity contribution in [3.05, 3.63) is 86.5 Å². The first kappa shape index (κ1) is 23.6. The number of ether oxygens (including phenoxy) is 1. The van der Waals surface area contributed by atoms with E-state index in [4.69, 9.17) is 4.74 Å². The third kappa shape index (κ3) is 4.10. The third-order valence-corrected chi connectivity index (χ3v) is 11.6. The molecule has 0 spiro atoms. The van der Waals surface area contributed by atoms with Gasteiger partial charge in [-0.15, -0.1) is 0 Å². The number of fused-ring (bicyclic) bond motifs is 2. The summed E-state index contributed by atoms with van der Waals surface area (Å²) in [5, 5.41) is 2.94. The molecule has 0 N–H and O–H groups in total. The van der Waals surface area contributed by atoms with Crippen LogP contribution in [0.3, 0.4) is 0 Å². The number of carbonyl (C=O) groups excluding carboxylic acids is 2. The van der Waals surface area contributed by atoms with Crippen molar-refractivity contribution in [3.63, 3.8) is 0 Å². The summed E-state index contributed by atoms with van der Waals surface area (Å²) in [5.74, 6) is -1.51. The first-order valence-electron chi connectivity index (χ1n) is 8.61. The smallest absolute Gasteiger partial charge is 0.347 e. The molecule has 0 aliphatic heterocycles. The van der Waals surface area contributed by atoms with Crippen LogP contribution in [0.15, 0.2) is 75.4 Å². The minimum Gasteiger partial charge on any atom is -0.386 e. The number of rotatable bonds is 2. The van der Waals surface area contributed by atoms with E-state index in [-0.39, 0.29) is 11.1 Å². The van der Waals surface area contributed by atoms with Crippen LogP contribution < -0.4 is 0 Å². The molecular formula is C22H8Br6O3. The molecule has 31 heavy (non-hydrogen) atoms. The van der Waals surface area contributed by atoms with Crippen molar-refractivity contribution < 1.29 is 14.3 Å². The molecule has 0 amide bonds. The molecule has 0 fully saturated rings. The van der Waals surface area contributed by atoms with Gasteiger partial charge in [-0.25, -0.2) is 9.59 Å². The monoisotopic (exact) mass is 794 g/mol. The van der Waals surface area contributed by atoms with Gasteiger partial charge in [-0.2, -0.15) is 0 Å². The quantitative estimate of drug-likeness (QED) is 0.115. The van der Waals surface area contributed by atoms with Crippen molar-refractivity contribution in [2.45, 2.75) is 0 Å². The fraction of sp³-hybridized carbons (Fsp3) is 0. The lowest BCUT2D eigenvalue weighted by Crippen LogP contribution is -2.15. The normalized spacial score (nSPS) is 11.2. The lowest BCUT2D eigenvalue weighted by molar-refractivity contribution is 0.0399. The predicted octanol–water partition coefficient (Wildman–Crippen LogP) is 9.57. The maximum Gasteiger partial charge on any atom is 0.347 e. The van der Waals surface area contributed by atoms with Crippen LogP contribution in [-0.2, 0) is 4.74 Å². The molecule has 3 nitrogen and oxygen atoms in total.